The minimum absolute atomic E-state index is 0.0945. The normalized spacial score (nSPS) is 31.8. The molecule has 8 heteroatoms. The molecule has 2 aliphatic carbocycles. The van der Waals surface area contributed by atoms with Crippen LogP contribution in [0.3, 0.4) is 0 Å². The van der Waals surface area contributed by atoms with Gasteiger partial charge in [0.2, 0.25) is 0 Å². The Morgan fingerprint density at radius 2 is 1.63 bits per heavy atom. The Hall–Kier alpha value is -2.74. The highest BCUT2D eigenvalue weighted by atomic mass is 16.6. The molecule has 8 nitrogen and oxygen atoms in total. The van der Waals surface area contributed by atoms with Crippen LogP contribution in [0.15, 0.2) is 34.2 Å². The number of rotatable bonds is 7. The summed E-state index contributed by atoms with van der Waals surface area (Å²) >= 11 is 0. The van der Waals surface area contributed by atoms with Gasteiger partial charge in [-0.1, -0.05) is 43.0 Å². The van der Waals surface area contributed by atoms with E-state index >= 15 is 0 Å². The van der Waals surface area contributed by atoms with Crippen LogP contribution in [0.25, 0.3) is 11.0 Å². The molecule has 4 aliphatic rings. The molecule has 0 spiro atoms. The number of para-hydroxylation sites is 2. The van der Waals surface area contributed by atoms with E-state index in [0.29, 0.717) is 23.8 Å². The highest BCUT2D eigenvalue weighted by Gasteiger charge is 2.47. The highest BCUT2D eigenvalue weighted by molar-refractivity contribution is 6.00. The number of aromatic nitrogens is 2. The van der Waals surface area contributed by atoms with Crippen LogP contribution in [0.2, 0.25) is 0 Å². The third-order valence-corrected chi connectivity index (χ3v) is 9.75. The lowest BCUT2D eigenvalue weighted by molar-refractivity contribution is -0.136. The van der Waals surface area contributed by atoms with Gasteiger partial charge >= 0.3 is 5.97 Å². The average Bonchev–Trinajstić information content (AvgIpc) is 3.06. The van der Waals surface area contributed by atoms with Crippen molar-refractivity contribution in [3.05, 3.63) is 40.3 Å². The maximum atomic E-state index is 14.0. The number of aliphatic carboxylic acids is 1. The number of oxime groups is 1. The standard InChI is InChI=1S/C30H40N4O4/c1-38-32-26(12-13-28(35)36)29-30(37)34(27-9-5-4-8-25(27)31-29)24-17-21-10-11-22(18-24)33(21)23-15-19-6-2-3-7-20(14-19)16-23/h4-5,8-9,19-24H,2-3,6-7,10-18H2,1H3,(H,35,36)/b32-26+/t19?,20?,21-,22?,23?,24?/m1/s1. The topological polar surface area (TPSA) is 97.0 Å². The van der Waals surface area contributed by atoms with Gasteiger partial charge in [0, 0.05) is 30.6 Å². The SMILES string of the molecule is CO/N=C(\CCC(=O)O)c1nc2ccccc2n(C2CC3CC[C@H](C2)N3C2CC3CCCCC(C3)C2)c1=O. The zero-order valence-electron chi connectivity index (χ0n) is 22.4. The summed E-state index contributed by atoms with van der Waals surface area (Å²) < 4.78 is 1.95. The zero-order valence-corrected chi connectivity index (χ0v) is 22.4. The summed E-state index contributed by atoms with van der Waals surface area (Å²) in [6.07, 6.45) is 14.1. The molecule has 4 fully saturated rings. The molecule has 1 aromatic heterocycles. The van der Waals surface area contributed by atoms with E-state index in [0.717, 1.165) is 35.7 Å². The first-order valence-corrected chi connectivity index (χ1v) is 14.6. The summed E-state index contributed by atoms with van der Waals surface area (Å²) in [6, 6.07) is 9.62. The molecule has 0 amide bonds. The van der Waals surface area contributed by atoms with Gasteiger partial charge in [0.15, 0.2) is 5.69 Å². The minimum atomic E-state index is -0.943. The average molecular weight is 521 g/mol. The van der Waals surface area contributed by atoms with Crippen molar-refractivity contribution in [3.8, 4) is 0 Å². The van der Waals surface area contributed by atoms with Crippen molar-refractivity contribution in [1.29, 1.82) is 0 Å². The van der Waals surface area contributed by atoms with E-state index in [1.165, 1.54) is 64.9 Å². The maximum Gasteiger partial charge on any atom is 0.303 e. The predicted octanol–water partition coefficient (Wildman–Crippen LogP) is 5.14. The van der Waals surface area contributed by atoms with E-state index in [-0.39, 0.29) is 30.1 Å². The lowest BCUT2D eigenvalue weighted by atomic mass is 9.76. The Morgan fingerprint density at radius 3 is 2.29 bits per heavy atom. The van der Waals surface area contributed by atoms with Gasteiger partial charge in [-0.05, 0) is 68.9 Å². The van der Waals surface area contributed by atoms with Crippen LogP contribution in [0.5, 0.6) is 0 Å². The fourth-order valence-corrected chi connectivity index (χ4v) is 8.35. The monoisotopic (exact) mass is 520 g/mol. The molecule has 3 heterocycles. The van der Waals surface area contributed by atoms with E-state index in [9.17, 15) is 14.7 Å². The molecular formula is C30H40N4O4. The van der Waals surface area contributed by atoms with Gasteiger partial charge in [-0.25, -0.2) is 4.98 Å². The highest BCUT2D eigenvalue weighted by Crippen LogP contribution is 2.47. The Labute approximate surface area is 224 Å². The number of hydrogen-bond donors (Lipinski definition) is 1. The summed E-state index contributed by atoms with van der Waals surface area (Å²) in [5.74, 6) is 0.857. The number of carboxylic acids is 1. The van der Waals surface area contributed by atoms with E-state index in [2.05, 4.69) is 15.0 Å². The summed E-state index contributed by atoms with van der Waals surface area (Å²) in [7, 11) is 1.41. The van der Waals surface area contributed by atoms with Gasteiger partial charge in [-0.3, -0.25) is 14.5 Å². The van der Waals surface area contributed by atoms with Crippen LogP contribution < -0.4 is 5.56 Å². The molecule has 2 aromatic rings. The molecule has 1 aromatic carbocycles. The molecule has 4 bridgehead atoms. The minimum Gasteiger partial charge on any atom is -0.481 e. The smallest absolute Gasteiger partial charge is 0.303 e. The number of hydrogen-bond acceptors (Lipinski definition) is 6. The number of carbonyl (C=O) groups is 1. The Bertz CT molecular complexity index is 1240. The van der Waals surface area contributed by atoms with Crippen LogP contribution >= 0.6 is 0 Å². The fourth-order valence-electron chi connectivity index (χ4n) is 8.35. The van der Waals surface area contributed by atoms with E-state index in [4.69, 9.17) is 4.84 Å². The van der Waals surface area contributed by atoms with Crippen LogP contribution in [0.4, 0.5) is 0 Å². The summed E-state index contributed by atoms with van der Waals surface area (Å²) in [6.45, 7) is 0. The van der Waals surface area contributed by atoms with Crippen molar-refractivity contribution in [3.63, 3.8) is 0 Å². The predicted molar refractivity (Wildman–Crippen MR) is 146 cm³/mol. The second-order valence-electron chi connectivity index (χ2n) is 12.1. The second-order valence-corrected chi connectivity index (χ2v) is 12.1. The number of nitrogens with zero attached hydrogens (tertiary/aromatic N) is 4. The molecule has 204 valence electrons. The van der Waals surface area contributed by atoms with Gasteiger partial charge < -0.3 is 14.5 Å². The number of piperidine rings is 1. The maximum absolute atomic E-state index is 14.0. The first kappa shape index (κ1) is 25.5. The quantitative estimate of drug-likeness (QED) is 0.401. The molecule has 6 rings (SSSR count). The van der Waals surface area contributed by atoms with Crippen molar-refractivity contribution in [2.75, 3.05) is 7.11 Å². The molecule has 2 saturated carbocycles. The zero-order chi connectivity index (χ0) is 26.2. The van der Waals surface area contributed by atoms with Gasteiger partial charge in [-0.15, -0.1) is 0 Å². The lowest BCUT2D eigenvalue weighted by Crippen LogP contribution is -2.52. The van der Waals surface area contributed by atoms with Crippen molar-refractivity contribution in [2.45, 2.75) is 108 Å². The van der Waals surface area contributed by atoms with Crippen molar-refractivity contribution < 1.29 is 14.7 Å². The van der Waals surface area contributed by atoms with Crippen LogP contribution in [0, 0.1) is 11.8 Å². The van der Waals surface area contributed by atoms with E-state index in [1.54, 1.807) is 0 Å². The van der Waals surface area contributed by atoms with E-state index < -0.39 is 5.97 Å². The molecular weight excluding hydrogens is 480 g/mol. The van der Waals surface area contributed by atoms with Gasteiger partial charge in [-0.2, -0.15) is 0 Å². The lowest BCUT2D eigenvalue weighted by Gasteiger charge is -2.48. The first-order chi connectivity index (χ1) is 18.5. The molecule has 1 N–H and O–H groups in total. The first-order valence-electron chi connectivity index (χ1n) is 14.6. The van der Waals surface area contributed by atoms with Gasteiger partial charge in [0.05, 0.1) is 17.5 Å². The van der Waals surface area contributed by atoms with Crippen LogP contribution in [-0.2, 0) is 9.63 Å². The van der Waals surface area contributed by atoms with Crippen molar-refractivity contribution in [1.82, 2.24) is 14.5 Å². The van der Waals surface area contributed by atoms with Gasteiger partial charge in [0.25, 0.3) is 5.56 Å². The molecule has 5 atom stereocenters. The summed E-state index contributed by atoms with van der Waals surface area (Å²) in [5.41, 5.74) is 1.89. The number of carboxylic acid groups (broad SMARTS) is 1. The second kappa shape index (κ2) is 10.8. The molecule has 38 heavy (non-hydrogen) atoms. The molecule has 4 unspecified atom stereocenters. The fraction of sp³-hybridized carbons (Fsp3) is 0.667. The van der Waals surface area contributed by atoms with Gasteiger partial charge in [0.1, 0.15) is 12.8 Å². The number of fused-ring (bicyclic) bond motifs is 5. The number of benzene rings is 1. The molecule has 2 saturated heterocycles. The Balaban J connectivity index is 1.32. The third kappa shape index (κ3) is 4.88. The van der Waals surface area contributed by atoms with Crippen LogP contribution in [0.1, 0.15) is 95.2 Å². The molecule has 0 radical (unpaired) electrons. The Kier molecular flexibility index (Phi) is 7.25. The van der Waals surface area contributed by atoms with E-state index in [1.807, 2.05) is 28.8 Å². The largest absolute Gasteiger partial charge is 0.481 e. The van der Waals surface area contributed by atoms with Crippen molar-refractivity contribution in [2.24, 2.45) is 17.0 Å². The van der Waals surface area contributed by atoms with Crippen LogP contribution in [-0.4, -0.2) is 56.5 Å². The summed E-state index contributed by atoms with van der Waals surface area (Å²) in [4.78, 5) is 37.9. The third-order valence-electron chi connectivity index (χ3n) is 9.75. The Morgan fingerprint density at radius 1 is 0.947 bits per heavy atom. The van der Waals surface area contributed by atoms with Crippen molar-refractivity contribution >= 4 is 22.7 Å². The molecule has 2 aliphatic heterocycles. The summed E-state index contributed by atoms with van der Waals surface area (Å²) in [5, 5.41) is 13.3.